The van der Waals surface area contributed by atoms with Crippen LogP contribution in [-0.4, -0.2) is 43.0 Å². The second kappa shape index (κ2) is 15.7. The van der Waals surface area contributed by atoms with Crippen molar-refractivity contribution in [1.29, 1.82) is 0 Å². The number of nitrogens with zero attached hydrogens (tertiary/aromatic N) is 4. The minimum atomic E-state index is -0.423. The molecular weight excluding hydrogens is 632 g/mol. The molecule has 0 spiro atoms. The summed E-state index contributed by atoms with van der Waals surface area (Å²) in [5, 5.41) is 21.2. The van der Waals surface area contributed by atoms with Gasteiger partial charge in [0.1, 0.15) is 0 Å². The molecule has 0 aliphatic rings. The van der Waals surface area contributed by atoms with E-state index in [1.165, 1.54) is 12.1 Å². The van der Waals surface area contributed by atoms with Crippen LogP contribution in [0.4, 0.5) is 11.4 Å². The van der Waals surface area contributed by atoms with E-state index in [1.54, 1.807) is 24.7 Å². The number of carbonyl (C=O) groups excluding carboxylic acids is 1. The molecule has 0 aliphatic heterocycles. The van der Waals surface area contributed by atoms with E-state index in [2.05, 4.69) is 64.7 Å². The monoisotopic (exact) mass is 668 g/mol. The maximum absolute atomic E-state index is 13.6. The zero-order valence-corrected chi connectivity index (χ0v) is 27.9. The number of fused-ring (bicyclic) bond motifs is 1. The van der Waals surface area contributed by atoms with E-state index >= 15 is 0 Å². The number of nitrogens with one attached hydrogen (secondary N) is 2. The molecule has 2 N–H and O–H groups in total. The van der Waals surface area contributed by atoms with Gasteiger partial charge in [0.05, 0.1) is 17.7 Å². The predicted molar refractivity (Wildman–Crippen MR) is 192 cm³/mol. The van der Waals surface area contributed by atoms with Gasteiger partial charge in [-0.2, -0.15) is 0 Å². The summed E-state index contributed by atoms with van der Waals surface area (Å²) in [5.74, 6) is 0.0414. The number of nitro benzene ring substituents is 1. The van der Waals surface area contributed by atoms with Crippen LogP contribution < -0.4 is 10.6 Å². The van der Waals surface area contributed by atoms with Crippen LogP contribution in [0.2, 0.25) is 5.02 Å². The molecule has 47 heavy (non-hydrogen) atoms. The number of carbonyl (C=O) groups is 1. The minimum absolute atomic E-state index is 0.0346. The molecule has 0 saturated carbocycles. The van der Waals surface area contributed by atoms with Crippen LogP contribution in [0, 0.1) is 16.0 Å². The van der Waals surface area contributed by atoms with Gasteiger partial charge in [0.15, 0.2) is 5.11 Å². The fraction of sp³-hybridized carbons (Fsp3) is 0.250. The first-order chi connectivity index (χ1) is 22.7. The van der Waals surface area contributed by atoms with Gasteiger partial charge in [-0.3, -0.25) is 14.9 Å². The highest BCUT2D eigenvalue weighted by molar-refractivity contribution is 7.80. The normalized spacial score (nSPS) is 12.3. The van der Waals surface area contributed by atoms with Crippen molar-refractivity contribution >= 4 is 57.0 Å². The third-order valence-electron chi connectivity index (χ3n) is 8.36. The lowest BCUT2D eigenvalue weighted by atomic mass is 9.97. The standard InChI is InChI=1S/C36H37ClN6O3S/c1-3-25(2)34(40-35(44)19-32-20-38-24-42(32)21-26-11-17-31(18-12-26)43(45)46)23-41(36(47)39-30-15-13-29(37)14-16-30)22-28-9-6-8-27-7-4-5-10-33(27)28/h4-18,20,24-25,34H,3,19,21-23H2,1-2H3,(H,39,47)(H,40,44)/t25-,34+/m0/s1. The number of halogens is 1. The summed E-state index contributed by atoms with van der Waals surface area (Å²) in [6.45, 7) is 5.73. The van der Waals surface area contributed by atoms with Crippen molar-refractivity contribution in [3.63, 3.8) is 0 Å². The topological polar surface area (TPSA) is 105 Å². The Kier molecular flexibility index (Phi) is 11.2. The van der Waals surface area contributed by atoms with Crippen LogP contribution in [0.3, 0.4) is 0 Å². The van der Waals surface area contributed by atoms with Crippen LogP contribution in [0.5, 0.6) is 0 Å². The van der Waals surface area contributed by atoms with Crippen LogP contribution >= 0.6 is 23.8 Å². The quantitative estimate of drug-likeness (QED) is 0.0755. The van der Waals surface area contributed by atoms with E-state index in [1.807, 2.05) is 41.0 Å². The van der Waals surface area contributed by atoms with Crippen molar-refractivity contribution < 1.29 is 9.72 Å². The number of non-ortho nitro benzene ring substituents is 1. The molecule has 1 heterocycles. The number of thiocarbonyl (C=S) groups is 1. The van der Waals surface area contributed by atoms with Gasteiger partial charge in [-0.25, -0.2) is 4.98 Å². The van der Waals surface area contributed by atoms with Gasteiger partial charge in [0.25, 0.3) is 5.69 Å². The van der Waals surface area contributed by atoms with Crippen LogP contribution in [-0.2, 0) is 24.3 Å². The first-order valence-electron chi connectivity index (χ1n) is 15.5. The van der Waals surface area contributed by atoms with Gasteiger partial charge in [0.2, 0.25) is 5.91 Å². The summed E-state index contributed by atoms with van der Waals surface area (Å²) in [6.07, 6.45) is 4.35. The lowest BCUT2D eigenvalue weighted by Crippen LogP contribution is -2.50. The molecule has 0 bridgehead atoms. The predicted octanol–water partition coefficient (Wildman–Crippen LogP) is 7.62. The van der Waals surface area contributed by atoms with Crippen LogP contribution in [0.15, 0.2) is 104 Å². The molecule has 2 atom stereocenters. The van der Waals surface area contributed by atoms with Crippen molar-refractivity contribution in [3.05, 3.63) is 135 Å². The van der Waals surface area contributed by atoms with Crippen molar-refractivity contribution in [2.45, 2.75) is 45.8 Å². The fourth-order valence-corrected chi connectivity index (χ4v) is 5.84. The number of hydrogen-bond donors (Lipinski definition) is 2. The Labute approximate surface area is 284 Å². The van der Waals surface area contributed by atoms with E-state index in [0.29, 0.717) is 29.8 Å². The Morgan fingerprint density at radius 3 is 2.49 bits per heavy atom. The lowest BCUT2D eigenvalue weighted by Gasteiger charge is -2.33. The van der Waals surface area contributed by atoms with Gasteiger partial charge in [-0.15, -0.1) is 0 Å². The minimum Gasteiger partial charge on any atom is -0.351 e. The highest BCUT2D eigenvalue weighted by Gasteiger charge is 2.24. The van der Waals surface area contributed by atoms with Crippen molar-refractivity contribution in [1.82, 2.24) is 19.8 Å². The summed E-state index contributed by atoms with van der Waals surface area (Å²) in [7, 11) is 0. The lowest BCUT2D eigenvalue weighted by molar-refractivity contribution is -0.384. The molecule has 1 amide bonds. The van der Waals surface area contributed by atoms with Gasteiger partial charge in [-0.05, 0) is 64.3 Å². The van der Waals surface area contributed by atoms with Gasteiger partial charge >= 0.3 is 0 Å². The molecule has 4 aromatic carbocycles. The number of anilines is 1. The molecule has 1 aromatic heterocycles. The van der Waals surface area contributed by atoms with Crippen molar-refractivity contribution in [2.24, 2.45) is 5.92 Å². The summed E-state index contributed by atoms with van der Waals surface area (Å²) < 4.78 is 1.89. The third kappa shape index (κ3) is 8.93. The van der Waals surface area contributed by atoms with Gasteiger partial charge in [0, 0.05) is 60.4 Å². The summed E-state index contributed by atoms with van der Waals surface area (Å²) in [5.41, 5.74) is 3.61. The van der Waals surface area contributed by atoms with E-state index in [9.17, 15) is 14.9 Å². The number of aromatic nitrogens is 2. The molecule has 0 radical (unpaired) electrons. The molecule has 5 rings (SSSR count). The van der Waals surface area contributed by atoms with Crippen molar-refractivity contribution in [3.8, 4) is 0 Å². The average Bonchev–Trinajstić information content (AvgIpc) is 3.50. The molecule has 0 aliphatic carbocycles. The van der Waals surface area contributed by atoms with Crippen LogP contribution in [0.25, 0.3) is 10.8 Å². The summed E-state index contributed by atoms with van der Waals surface area (Å²) >= 11 is 12.1. The largest absolute Gasteiger partial charge is 0.351 e. The number of benzene rings is 4. The Morgan fingerprint density at radius 2 is 1.77 bits per heavy atom. The summed E-state index contributed by atoms with van der Waals surface area (Å²) in [4.78, 5) is 30.6. The highest BCUT2D eigenvalue weighted by atomic mass is 35.5. The zero-order valence-electron chi connectivity index (χ0n) is 26.3. The summed E-state index contributed by atoms with van der Waals surface area (Å²) in [6, 6.07) is 28.1. The molecule has 242 valence electrons. The smallest absolute Gasteiger partial charge is 0.269 e. The van der Waals surface area contributed by atoms with E-state index in [4.69, 9.17) is 23.8 Å². The van der Waals surface area contributed by atoms with E-state index < -0.39 is 4.92 Å². The SMILES string of the molecule is CC[C@H](C)[C@@H](CN(Cc1cccc2ccccc12)C(=S)Nc1ccc(Cl)cc1)NC(=O)Cc1cncn1Cc1ccc([N+](=O)[O-])cc1. The third-order valence-corrected chi connectivity index (χ3v) is 8.97. The molecule has 11 heteroatoms. The second-order valence-electron chi connectivity index (χ2n) is 11.6. The number of rotatable bonds is 13. The molecule has 0 unspecified atom stereocenters. The maximum Gasteiger partial charge on any atom is 0.269 e. The number of imidazole rings is 1. The molecule has 0 saturated heterocycles. The second-order valence-corrected chi connectivity index (χ2v) is 12.5. The Hall–Kier alpha value is -4.80. The maximum atomic E-state index is 13.6. The zero-order chi connectivity index (χ0) is 33.3. The molecule has 9 nitrogen and oxygen atoms in total. The number of nitro groups is 1. The molecule has 5 aromatic rings. The number of hydrogen-bond acceptors (Lipinski definition) is 5. The fourth-order valence-electron chi connectivity index (χ4n) is 5.46. The first kappa shape index (κ1) is 33.6. The highest BCUT2D eigenvalue weighted by Crippen LogP contribution is 2.23. The molecule has 0 fully saturated rings. The molecular formula is C36H37ClN6O3S. The average molecular weight is 669 g/mol. The van der Waals surface area contributed by atoms with E-state index in [-0.39, 0.29) is 30.0 Å². The number of amides is 1. The Balaban J connectivity index is 1.34. The van der Waals surface area contributed by atoms with Gasteiger partial charge < -0.3 is 20.1 Å². The van der Waals surface area contributed by atoms with E-state index in [0.717, 1.165) is 39.7 Å². The van der Waals surface area contributed by atoms with Crippen LogP contribution in [0.1, 0.15) is 37.1 Å². The van der Waals surface area contributed by atoms with Gasteiger partial charge in [-0.1, -0.05) is 86.5 Å². The Morgan fingerprint density at radius 1 is 1.04 bits per heavy atom. The first-order valence-corrected chi connectivity index (χ1v) is 16.3. The van der Waals surface area contributed by atoms with Crippen molar-refractivity contribution in [2.75, 3.05) is 11.9 Å². The Bertz CT molecular complexity index is 1840.